The van der Waals surface area contributed by atoms with E-state index in [2.05, 4.69) is 12.0 Å². The van der Waals surface area contributed by atoms with Crippen molar-refractivity contribution in [2.24, 2.45) is 0 Å². The largest absolute Gasteiger partial charge is 0.476 e. The number of hydrogen-bond acceptors (Lipinski definition) is 6. The van der Waals surface area contributed by atoms with Crippen LogP contribution in [0.2, 0.25) is 0 Å². The van der Waals surface area contributed by atoms with Gasteiger partial charge in [0.25, 0.3) is 5.56 Å². The predicted octanol–water partition coefficient (Wildman–Crippen LogP) is 4.54. The van der Waals surface area contributed by atoms with Gasteiger partial charge in [0.2, 0.25) is 0 Å². The molecule has 0 unspecified atom stereocenters. The number of nitrogens with zero attached hydrogens (tertiary/aromatic N) is 3. The Morgan fingerprint density at radius 1 is 0.895 bits per heavy atom. The van der Waals surface area contributed by atoms with Gasteiger partial charge >= 0.3 is 11.7 Å². The Morgan fingerprint density at radius 2 is 1.61 bits per heavy atom. The summed E-state index contributed by atoms with van der Waals surface area (Å²) in [7, 11) is 0. The van der Waals surface area contributed by atoms with E-state index in [1.165, 1.54) is 9.25 Å². The maximum Gasteiger partial charge on any atom is 0.349 e. The van der Waals surface area contributed by atoms with E-state index in [-0.39, 0.29) is 18.7 Å². The molecule has 8 nitrogen and oxygen atoms in total. The zero-order valence-electron chi connectivity index (χ0n) is 22.9. The van der Waals surface area contributed by atoms with Crippen LogP contribution in [-0.2, 0) is 35.5 Å². The summed E-state index contributed by atoms with van der Waals surface area (Å²) in [6.45, 7) is 8.08. The van der Waals surface area contributed by atoms with Crippen molar-refractivity contribution in [2.75, 3.05) is 6.61 Å². The molecule has 0 N–H and O–H groups in total. The van der Waals surface area contributed by atoms with Gasteiger partial charge in [-0.15, -0.1) is 0 Å². The lowest BCUT2D eigenvalue weighted by Crippen LogP contribution is -2.44. The molecule has 0 aliphatic carbocycles. The predicted molar refractivity (Wildman–Crippen MR) is 148 cm³/mol. The van der Waals surface area contributed by atoms with Gasteiger partial charge in [0.1, 0.15) is 11.4 Å². The molecule has 0 radical (unpaired) electrons. The minimum atomic E-state index is -1.10. The quantitative estimate of drug-likeness (QED) is 0.228. The number of carbonyl (C=O) groups is 1. The van der Waals surface area contributed by atoms with Gasteiger partial charge in [0.15, 0.2) is 5.60 Å². The number of unbranched alkanes of at least 4 members (excludes halogenated alkanes) is 3. The Kier molecular flexibility index (Phi) is 10.4. The Morgan fingerprint density at radius 3 is 2.26 bits per heavy atom. The summed E-state index contributed by atoms with van der Waals surface area (Å²) in [4.78, 5) is 38.5. The third-order valence-electron chi connectivity index (χ3n) is 6.31. The van der Waals surface area contributed by atoms with Gasteiger partial charge in [-0.25, -0.2) is 14.3 Å². The number of ether oxygens (including phenoxy) is 2. The topological polar surface area (TPSA) is 92.4 Å². The summed E-state index contributed by atoms with van der Waals surface area (Å²) in [5.74, 6) is 0.124. The summed E-state index contributed by atoms with van der Waals surface area (Å²) >= 11 is 0. The highest BCUT2D eigenvalue weighted by Gasteiger charge is 2.31. The maximum atomic E-state index is 13.3. The molecule has 2 aromatic carbocycles. The second-order valence-electron chi connectivity index (χ2n) is 9.87. The second-order valence-corrected chi connectivity index (χ2v) is 9.87. The number of hydrogen-bond donors (Lipinski definition) is 0. The molecule has 0 atom stereocenters. The van der Waals surface area contributed by atoms with Crippen LogP contribution in [0.15, 0.2) is 64.2 Å². The van der Waals surface area contributed by atoms with Crippen molar-refractivity contribution >= 4 is 5.97 Å². The second kappa shape index (κ2) is 13.7. The zero-order chi connectivity index (χ0) is 27.5. The van der Waals surface area contributed by atoms with Gasteiger partial charge in [-0.3, -0.25) is 9.36 Å². The molecule has 8 heteroatoms. The first-order valence-corrected chi connectivity index (χ1v) is 13.4. The molecule has 0 amide bonds. The van der Waals surface area contributed by atoms with Crippen LogP contribution in [0.25, 0.3) is 0 Å². The van der Waals surface area contributed by atoms with Crippen molar-refractivity contribution in [3.8, 4) is 5.75 Å². The van der Waals surface area contributed by atoms with Crippen LogP contribution in [0.4, 0.5) is 0 Å². The minimum absolute atomic E-state index is 0.214. The van der Waals surface area contributed by atoms with Gasteiger partial charge in [0, 0.05) is 0 Å². The first kappa shape index (κ1) is 28.9. The van der Waals surface area contributed by atoms with E-state index in [1.807, 2.05) is 42.5 Å². The Bertz CT molecular complexity index is 1290. The van der Waals surface area contributed by atoms with Gasteiger partial charge in [0.05, 0.1) is 19.7 Å². The van der Waals surface area contributed by atoms with Crippen LogP contribution < -0.4 is 16.0 Å². The fourth-order valence-corrected chi connectivity index (χ4v) is 4.14. The molecule has 0 aliphatic heterocycles. The van der Waals surface area contributed by atoms with Gasteiger partial charge in [-0.05, 0) is 63.3 Å². The van der Waals surface area contributed by atoms with Crippen molar-refractivity contribution < 1.29 is 14.3 Å². The molecular weight excluding hydrogens is 482 g/mol. The van der Waals surface area contributed by atoms with Crippen molar-refractivity contribution in [3.05, 3.63) is 92.3 Å². The van der Waals surface area contributed by atoms with Crippen molar-refractivity contribution in [1.82, 2.24) is 14.3 Å². The standard InChI is InChI=1S/C30H39N3O5/c1-5-7-8-12-15-26-27(34)32(22-24-13-10-9-11-14-24)29(36)33(31-26)21-20-23-16-18-25(19-17-23)38-30(3,4)28(35)37-6-2/h9-11,13-14,16-19H,5-8,12,15,20-22H2,1-4H3. The van der Waals surface area contributed by atoms with E-state index in [0.29, 0.717) is 30.8 Å². The summed E-state index contributed by atoms with van der Waals surface area (Å²) in [6.07, 6.45) is 5.20. The number of aryl methyl sites for hydroxylation is 3. The van der Waals surface area contributed by atoms with Crippen LogP contribution in [0.5, 0.6) is 5.75 Å². The normalized spacial score (nSPS) is 11.4. The first-order valence-electron chi connectivity index (χ1n) is 13.4. The maximum absolute atomic E-state index is 13.3. The molecule has 0 saturated carbocycles. The average molecular weight is 522 g/mol. The summed E-state index contributed by atoms with van der Waals surface area (Å²) < 4.78 is 13.6. The van der Waals surface area contributed by atoms with Crippen molar-refractivity contribution in [3.63, 3.8) is 0 Å². The number of benzene rings is 2. The van der Waals surface area contributed by atoms with E-state index in [0.717, 1.165) is 36.8 Å². The highest BCUT2D eigenvalue weighted by atomic mass is 16.6. The Balaban J connectivity index is 1.78. The lowest BCUT2D eigenvalue weighted by Gasteiger charge is -2.24. The fourth-order valence-electron chi connectivity index (χ4n) is 4.14. The number of rotatable bonds is 14. The molecule has 3 rings (SSSR count). The molecule has 38 heavy (non-hydrogen) atoms. The number of aromatic nitrogens is 3. The minimum Gasteiger partial charge on any atom is -0.476 e. The van der Waals surface area contributed by atoms with E-state index in [9.17, 15) is 14.4 Å². The molecular formula is C30H39N3O5. The smallest absolute Gasteiger partial charge is 0.349 e. The van der Waals surface area contributed by atoms with Crippen LogP contribution in [0.1, 0.15) is 70.2 Å². The lowest BCUT2D eigenvalue weighted by atomic mass is 10.1. The molecule has 1 heterocycles. The molecule has 204 valence electrons. The van der Waals surface area contributed by atoms with Gasteiger partial charge < -0.3 is 9.47 Å². The van der Waals surface area contributed by atoms with Crippen LogP contribution >= 0.6 is 0 Å². The average Bonchev–Trinajstić information content (AvgIpc) is 2.91. The van der Waals surface area contributed by atoms with E-state index in [1.54, 1.807) is 32.9 Å². The molecule has 0 aliphatic rings. The monoisotopic (exact) mass is 521 g/mol. The molecule has 0 fully saturated rings. The Hall–Kier alpha value is -3.68. The number of esters is 1. The Labute approximate surface area is 224 Å². The van der Waals surface area contributed by atoms with Crippen LogP contribution in [0, 0.1) is 0 Å². The number of carbonyl (C=O) groups excluding carboxylic acids is 1. The van der Waals surface area contributed by atoms with Crippen LogP contribution in [-0.4, -0.2) is 32.5 Å². The zero-order valence-corrected chi connectivity index (χ0v) is 22.9. The highest BCUT2D eigenvalue weighted by Crippen LogP contribution is 2.20. The highest BCUT2D eigenvalue weighted by molar-refractivity contribution is 5.79. The molecule has 0 saturated heterocycles. The molecule has 0 spiro atoms. The third-order valence-corrected chi connectivity index (χ3v) is 6.31. The van der Waals surface area contributed by atoms with E-state index in [4.69, 9.17) is 9.47 Å². The summed E-state index contributed by atoms with van der Waals surface area (Å²) in [5, 5.41) is 4.48. The van der Waals surface area contributed by atoms with Gasteiger partial charge in [-0.2, -0.15) is 5.10 Å². The van der Waals surface area contributed by atoms with Crippen molar-refractivity contribution in [2.45, 2.75) is 84.9 Å². The van der Waals surface area contributed by atoms with Crippen molar-refractivity contribution in [1.29, 1.82) is 0 Å². The van der Waals surface area contributed by atoms with E-state index < -0.39 is 17.3 Å². The van der Waals surface area contributed by atoms with Crippen LogP contribution in [0.3, 0.4) is 0 Å². The lowest BCUT2D eigenvalue weighted by molar-refractivity contribution is -0.158. The molecule has 1 aromatic heterocycles. The van der Waals surface area contributed by atoms with E-state index >= 15 is 0 Å². The summed E-state index contributed by atoms with van der Waals surface area (Å²) in [5.41, 5.74) is 0.480. The van der Waals surface area contributed by atoms with Gasteiger partial charge in [-0.1, -0.05) is 68.7 Å². The first-order chi connectivity index (χ1) is 18.2. The SMILES string of the molecule is CCCCCCc1nn(CCc2ccc(OC(C)(C)C(=O)OCC)cc2)c(=O)n(Cc2ccccc2)c1=O. The summed E-state index contributed by atoms with van der Waals surface area (Å²) in [6, 6.07) is 16.9. The molecule has 0 bridgehead atoms. The third kappa shape index (κ3) is 7.91. The fraction of sp³-hybridized carbons (Fsp3) is 0.467. The molecule has 3 aromatic rings.